The van der Waals surface area contributed by atoms with E-state index in [0.717, 1.165) is 18.4 Å². The molecule has 66 valence electrons. The quantitative estimate of drug-likeness (QED) is 0.549. The Hall–Kier alpha value is -1.60. The number of hydrogen-bond acceptors (Lipinski definition) is 3. The summed E-state index contributed by atoms with van der Waals surface area (Å²) < 4.78 is 0. The predicted octanol–water partition coefficient (Wildman–Crippen LogP) is 1.72. The van der Waals surface area contributed by atoms with E-state index in [-0.39, 0.29) is 5.75 Å². The van der Waals surface area contributed by atoms with Gasteiger partial charge in [0.15, 0.2) is 0 Å². The van der Waals surface area contributed by atoms with Gasteiger partial charge in [-0.1, -0.05) is 18.2 Å². The van der Waals surface area contributed by atoms with Crippen molar-refractivity contribution in [2.75, 3.05) is 0 Å². The van der Waals surface area contributed by atoms with E-state index in [9.17, 15) is 9.90 Å². The molecule has 13 heavy (non-hydrogen) atoms. The van der Waals surface area contributed by atoms with Crippen molar-refractivity contribution in [3.8, 4) is 5.75 Å². The first kappa shape index (κ1) is 8.02. The van der Waals surface area contributed by atoms with Gasteiger partial charge in [0, 0.05) is 5.56 Å². The number of nitrogens with zero attached hydrogens (tertiary/aromatic N) is 1. The largest absolute Gasteiger partial charge is 0.508 e. The highest BCUT2D eigenvalue weighted by Gasteiger charge is 2.46. The minimum atomic E-state index is -0.465. The molecule has 0 atom stereocenters. The first-order valence-corrected chi connectivity index (χ1v) is 4.16. The molecule has 1 fully saturated rings. The molecule has 0 radical (unpaired) electrons. The van der Waals surface area contributed by atoms with E-state index in [2.05, 4.69) is 4.99 Å². The standard InChI is InChI=1S/C10H9NO2/c12-7-11-10(5-6-10)8-3-1-2-4-9(8)13/h1-4,13H,5-6H2. The van der Waals surface area contributed by atoms with E-state index in [1.54, 1.807) is 24.3 Å². The number of isocyanates is 1. The number of phenolic OH excluding ortho intramolecular Hbond substituents is 1. The van der Waals surface area contributed by atoms with Crippen LogP contribution >= 0.6 is 0 Å². The van der Waals surface area contributed by atoms with E-state index in [4.69, 9.17) is 0 Å². The first-order chi connectivity index (χ1) is 6.28. The van der Waals surface area contributed by atoms with Gasteiger partial charge in [-0.25, -0.2) is 4.79 Å². The summed E-state index contributed by atoms with van der Waals surface area (Å²) in [6.45, 7) is 0. The predicted molar refractivity (Wildman–Crippen MR) is 47.1 cm³/mol. The summed E-state index contributed by atoms with van der Waals surface area (Å²) in [5.74, 6) is 0.207. The fourth-order valence-corrected chi connectivity index (χ4v) is 1.51. The Bertz CT molecular complexity index is 376. The number of aromatic hydroxyl groups is 1. The Labute approximate surface area is 75.7 Å². The lowest BCUT2D eigenvalue weighted by atomic mass is 10.0. The summed E-state index contributed by atoms with van der Waals surface area (Å²) in [7, 11) is 0. The van der Waals surface area contributed by atoms with Gasteiger partial charge in [0.25, 0.3) is 0 Å². The number of phenols is 1. The van der Waals surface area contributed by atoms with Crippen molar-refractivity contribution in [1.29, 1.82) is 0 Å². The van der Waals surface area contributed by atoms with Crippen LogP contribution in [0, 0.1) is 0 Å². The van der Waals surface area contributed by atoms with Gasteiger partial charge in [-0.3, -0.25) is 0 Å². The number of carbonyl (C=O) groups excluding carboxylic acids is 1. The van der Waals surface area contributed by atoms with Crippen molar-refractivity contribution in [2.45, 2.75) is 18.4 Å². The maximum atomic E-state index is 10.2. The lowest BCUT2D eigenvalue weighted by Crippen LogP contribution is -2.01. The lowest BCUT2D eigenvalue weighted by molar-refractivity contribution is 0.459. The van der Waals surface area contributed by atoms with Crippen LogP contribution in [-0.4, -0.2) is 11.2 Å². The first-order valence-electron chi connectivity index (χ1n) is 4.16. The highest BCUT2D eigenvalue weighted by atomic mass is 16.3. The molecule has 0 unspecified atom stereocenters. The van der Waals surface area contributed by atoms with Crippen LogP contribution in [0.3, 0.4) is 0 Å². The van der Waals surface area contributed by atoms with Crippen LogP contribution in [0.2, 0.25) is 0 Å². The normalized spacial score (nSPS) is 17.5. The molecule has 1 saturated carbocycles. The second kappa shape index (κ2) is 2.71. The molecule has 0 amide bonds. The van der Waals surface area contributed by atoms with Crippen LogP contribution in [0.5, 0.6) is 5.75 Å². The molecule has 0 aliphatic heterocycles. The summed E-state index contributed by atoms with van der Waals surface area (Å²) in [4.78, 5) is 13.9. The molecule has 0 saturated heterocycles. The number of para-hydroxylation sites is 1. The molecule has 1 aromatic carbocycles. The lowest BCUT2D eigenvalue weighted by Gasteiger charge is -2.09. The van der Waals surface area contributed by atoms with Crippen LogP contribution in [-0.2, 0) is 10.3 Å². The second-order valence-electron chi connectivity index (χ2n) is 3.25. The Kier molecular flexibility index (Phi) is 1.67. The minimum Gasteiger partial charge on any atom is -0.508 e. The van der Waals surface area contributed by atoms with Crippen LogP contribution in [0.4, 0.5) is 0 Å². The van der Waals surface area contributed by atoms with Crippen LogP contribution in [0.1, 0.15) is 18.4 Å². The van der Waals surface area contributed by atoms with Gasteiger partial charge in [-0.05, 0) is 18.9 Å². The third-order valence-electron chi connectivity index (χ3n) is 2.39. The molecular formula is C10H9NO2. The molecule has 1 aromatic rings. The van der Waals surface area contributed by atoms with Crippen molar-refractivity contribution in [3.05, 3.63) is 29.8 Å². The van der Waals surface area contributed by atoms with Crippen LogP contribution < -0.4 is 0 Å². The number of benzene rings is 1. The van der Waals surface area contributed by atoms with Crippen LogP contribution in [0.25, 0.3) is 0 Å². The summed E-state index contributed by atoms with van der Waals surface area (Å²) in [6, 6.07) is 6.98. The third kappa shape index (κ3) is 1.23. The number of rotatable bonds is 2. The van der Waals surface area contributed by atoms with Crippen molar-refractivity contribution in [3.63, 3.8) is 0 Å². The Morgan fingerprint density at radius 2 is 2.08 bits per heavy atom. The molecule has 0 aromatic heterocycles. The zero-order valence-electron chi connectivity index (χ0n) is 7.03. The molecule has 0 bridgehead atoms. The Balaban J connectivity index is 2.46. The maximum absolute atomic E-state index is 10.2. The van der Waals surface area contributed by atoms with E-state index in [1.807, 2.05) is 6.07 Å². The zero-order valence-corrected chi connectivity index (χ0v) is 7.03. The SMILES string of the molecule is O=C=NC1(c2ccccc2O)CC1. The Morgan fingerprint density at radius 1 is 1.38 bits per heavy atom. The topological polar surface area (TPSA) is 49.7 Å². The van der Waals surface area contributed by atoms with E-state index >= 15 is 0 Å². The van der Waals surface area contributed by atoms with Crippen molar-refractivity contribution >= 4 is 6.08 Å². The summed E-state index contributed by atoms with van der Waals surface area (Å²) in [5, 5.41) is 9.52. The molecule has 0 spiro atoms. The van der Waals surface area contributed by atoms with Gasteiger partial charge in [-0.15, -0.1) is 0 Å². The van der Waals surface area contributed by atoms with E-state index in [1.165, 1.54) is 0 Å². The minimum absolute atomic E-state index is 0.207. The maximum Gasteiger partial charge on any atom is 0.235 e. The molecule has 1 aliphatic rings. The van der Waals surface area contributed by atoms with Gasteiger partial charge in [-0.2, -0.15) is 4.99 Å². The van der Waals surface area contributed by atoms with Crippen LogP contribution in [0.15, 0.2) is 29.3 Å². The van der Waals surface area contributed by atoms with E-state index in [0.29, 0.717) is 0 Å². The highest BCUT2D eigenvalue weighted by Crippen LogP contribution is 2.51. The van der Waals surface area contributed by atoms with Gasteiger partial charge in [0.2, 0.25) is 6.08 Å². The molecular weight excluding hydrogens is 166 g/mol. The average molecular weight is 175 g/mol. The summed E-state index contributed by atoms with van der Waals surface area (Å²) in [5.41, 5.74) is 0.269. The van der Waals surface area contributed by atoms with Gasteiger partial charge in [0.1, 0.15) is 11.3 Å². The van der Waals surface area contributed by atoms with Crippen molar-refractivity contribution < 1.29 is 9.90 Å². The number of hydrogen-bond donors (Lipinski definition) is 1. The molecule has 0 heterocycles. The van der Waals surface area contributed by atoms with Gasteiger partial charge < -0.3 is 5.11 Å². The number of aliphatic imine (C=N–C) groups is 1. The van der Waals surface area contributed by atoms with E-state index < -0.39 is 5.54 Å². The molecule has 1 N–H and O–H groups in total. The third-order valence-corrected chi connectivity index (χ3v) is 2.39. The average Bonchev–Trinajstić information content (AvgIpc) is 2.87. The second-order valence-corrected chi connectivity index (χ2v) is 3.25. The summed E-state index contributed by atoms with van der Waals surface area (Å²) in [6.07, 6.45) is 3.20. The Morgan fingerprint density at radius 3 is 2.62 bits per heavy atom. The van der Waals surface area contributed by atoms with Gasteiger partial charge >= 0.3 is 0 Å². The van der Waals surface area contributed by atoms with Gasteiger partial charge in [0.05, 0.1) is 0 Å². The molecule has 2 rings (SSSR count). The summed E-state index contributed by atoms with van der Waals surface area (Å²) >= 11 is 0. The monoisotopic (exact) mass is 175 g/mol. The molecule has 1 aliphatic carbocycles. The zero-order chi connectivity index (χ0) is 9.31. The fraction of sp³-hybridized carbons (Fsp3) is 0.300. The highest BCUT2D eigenvalue weighted by molar-refractivity contribution is 5.46. The van der Waals surface area contributed by atoms with Crippen molar-refractivity contribution in [1.82, 2.24) is 0 Å². The smallest absolute Gasteiger partial charge is 0.235 e. The fourth-order valence-electron chi connectivity index (χ4n) is 1.51. The molecule has 3 nitrogen and oxygen atoms in total. The molecule has 3 heteroatoms. The van der Waals surface area contributed by atoms with Crippen molar-refractivity contribution in [2.24, 2.45) is 4.99 Å².